The second kappa shape index (κ2) is 9.90. The molecule has 0 saturated carbocycles. The van der Waals surface area contributed by atoms with Gasteiger partial charge in [0.2, 0.25) is 0 Å². The van der Waals surface area contributed by atoms with Gasteiger partial charge in [0.15, 0.2) is 5.11 Å². The van der Waals surface area contributed by atoms with E-state index in [9.17, 15) is 0 Å². The number of thiocarbonyl (C=S) groups is 1. The van der Waals surface area contributed by atoms with Crippen LogP contribution in [0.5, 0.6) is 11.5 Å². The fraction of sp³-hybridized carbons (Fsp3) is 0.267. The molecule has 0 radical (unpaired) electrons. The van der Waals surface area contributed by atoms with Crippen molar-refractivity contribution in [1.29, 1.82) is 0 Å². The Balaban J connectivity index is 1.73. The van der Waals surface area contributed by atoms with Crippen LogP contribution in [0.3, 0.4) is 0 Å². The Kier molecular flexibility index (Phi) is 6.65. The first-order valence-corrected chi connectivity index (χ1v) is 12.7. The van der Waals surface area contributed by atoms with Crippen molar-refractivity contribution in [2.24, 2.45) is 0 Å². The van der Waals surface area contributed by atoms with E-state index in [4.69, 9.17) is 26.7 Å². The fourth-order valence-electron chi connectivity index (χ4n) is 5.33. The number of hydrogen-bond donors (Lipinski definition) is 1. The maximum Gasteiger partial charge on any atom is 0.174 e. The molecule has 1 aliphatic rings. The predicted molar refractivity (Wildman–Crippen MR) is 152 cm³/mol. The van der Waals surface area contributed by atoms with Crippen LogP contribution in [0.25, 0.3) is 5.69 Å². The molecule has 0 unspecified atom stereocenters. The molecule has 1 fully saturated rings. The molecule has 2 aromatic heterocycles. The van der Waals surface area contributed by atoms with Gasteiger partial charge in [-0.05, 0) is 93.0 Å². The highest BCUT2D eigenvalue weighted by Crippen LogP contribution is 2.47. The smallest absolute Gasteiger partial charge is 0.174 e. The van der Waals surface area contributed by atoms with Crippen LogP contribution < -0.4 is 19.7 Å². The van der Waals surface area contributed by atoms with E-state index in [1.54, 1.807) is 14.2 Å². The van der Waals surface area contributed by atoms with E-state index < -0.39 is 0 Å². The third-order valence-corrected chi connectivity index (χ3v) is 7.45. The highest BCUT2D eigenvalue weighted by atomic mass is 32.1. The first kappa shape index (κ1) is 24.8. The van der Waals surface area contributed by atoms with Gasteiger partial charge >= 0.3 is 0 Å². The number of benzene rings is 2. The molecule has 0 aliphatic carbocycles. The lowest BCUT2D eigenvalue weighted by molar-refractivity contribution is 0.403. The summed E-state index contributed by atoms with van der Waals surface area (Å²) in [5, 5.41) is 4.18. The zero-order valence-corrected chi connectivity index (χ0v) is 22.9. The second-order valence-corrected chi connectivity index (χ2v) is 9.87. The van der Waals surface area contributed by atoms with Crippen molar-refractivity contribution in [3.8, 4) is 17.2 Å². The van der Waals surface area contributed by atoms with Gasteiger partial charge in [-0.2, -0.15) is 0 Å². The summed E-state index contributed by atoms with van der Waals surface area (Å²) >= 11 is 5.96. The maximum absolute atomic E-state index is 5.96. The lowest BCUT2D eigenvalue weighted by Crippen LogP contribution is -2.30. The summed E-state index contributed by atoms with van der Waals surface area (Å²) in [5.74, 6) is 1.46. The lowest BCUT2D eigenvalue weighted by Gasteiger charge is -2.29. The molecular formula is C30H32N4O2S. The lowest BCUT2D eigenvalue weighted by atomic mass is 9.96. The summed E-state index contributed by atoms with van der Waals surface area (Å²) in [6.45, 7) is 8.63. The Labute approximate surface area is 223 Å². The van der Waals surface area contributed by atoms with Crippen molar-refractivity contribution < 1.29 is 9.47 Å². The van der Waals surface area contributed by atoms with Gasteiger partial charge in [0.05, 0.1) is 37.7 Å². The number of nitrogens with zero attached hydrogens (tertiary/aromatic N) is 3. The van der Waals surface area contributed by atoms with Crippen molar-refractivity contribution in [3.63, 3.8) is 0 Å². The highest BCUT2D eigenvalue weighted by Gasteiger charge is 2.43. The molecule has 1 N–H and O–H groups in total. The number of rotatable bonds is 6. The second-order valence-electron chi connectivity index (χ2n) is 9.49. The summed E-state index contributed by atoms with van der Waals surface area (Å²) in [5.41, 5.74) is 8.92. The molecule has 1 aliphatic heterocycles. The van der Waals surface area contributed by atoms with E-state index in [2.05, 4.69) is 66.7 Å². The molecule has 7 heteroatoms. The van der Waals surface area contributed by atoms with Gasteiger partial charge < -0.3 is 24.3 Å². The largest absolute Gasteiger partial charge is 0.497 e. The molecule has 0 bridgehead atoms. The van der Waals surface area contributed by atoms with E-state index in [1.165, 1.54) is 22.4 Å². The minimum Gasteiger partial charge on any atom is -0.497 e. The summed E-state index contributed by atoms with van der Waals surface area (Å²) in [6.07, 6.45) is 1.82. The molecule has 6 nitrogen and oxygen atoms in total. The Morgan fingerprint density at radius 1 is 0.892 bits per heavy atom. The van der Waals surface area contributed by atoms with E-state index in [-0.39, 0.29) is 12.1 Å². The number of anilines is 1. The van der Waals surface area contributed by atoms with Crippen LogP contribution in [0.1, 0.15) is 45.9 Å². The molecule has 0 spiro atoms. The minimum atomic E-state index is -0.159. The highest BCUT2D eigenvalue weighted by molar-refractivity contribution is 7.80. The summed E-state index contributed by atoms with van der Waals surface area (Å²) < 4.78 is 13.7. The van der Waals surface area contributed by atoms with Gasteiger partial charge in [0, 0.05) is 29.3 Å². The number of hydrogen-bond acceptors (Lipinski definition) is 4. The van der Waals surface area contributed by atoms with Crippen molar-refractivity contribution in [2.75, 3.05) is 19.1 Å². The monoisotopic (exact) mass is 512 g/mol. The van der Waals surface area contributed by atoms with Crippen molar-refractivity contribution >= 4 is 23.0 Å². The molecule has 190 valence electrons. The Hall–Kier alpha value is -3.84. The molecule has 2 aromatic carbocycles. The van der Waals surface area contributed by atoms with E-state index >= 15 is 0 Å². The van der Waals surface area contributed by atoms with Gasteiger partial charge in [-0.15, -0.1) is 0 Å². The molecule has 3 heterocycles. The average Bonchev–Trinajstić information content (AvgIpc) is 3.40. The van der Waals surface area contributed by atoms with Crippen LogP contribution in [0, 0.1) is 27.7 Å². The average molecular weight is 513 g/mol. The zero-order valence-electron chi connectivity index (χ0n) is 22.1. The fourth-order valence-corrected chi connectivity index (χ4v) is 5.67. The van der Waals surface area contributed by atoms with Crippen molar-refractivity contribution in [3.05, 3.63) is 101 Å². The number of nitrogens with one attached hydrogen (secondary N) is 1. The van der Waals surface area contributed by atoms with Crippen molar-refractivity contribution in [1.82, 2.24) is 14.9 Å². The molecule has 37 heavy (non-hydrogen) atoms. The van der Waals surface area contributed by atoms with Crippen LogP contribution in [-0.2, 0) is 0 Å². The summed E-state index contributed by atoms with van der Waals surface area (Å²) in [7, 11) is 3.34. The Morgan fingerprint density at radius 2 is 1.70 bits per heavy atom. The van der Waals surface area contributed by atoms with Crippen molar-refractivity contribution in [2.45, 2.75) is 39.8 Å². The van der Waals surface area contributed by atoms with E-state index in [0.717, 1.165) is 34.3 Å². The molecule has 5 rings (SSSR count). The molecule has 2 atom stereocenters. The Bertz CT molecular complexity index is 1460. The third kappa shape index (κ3) is 4.33. The standard InChI is InChI=1S/C30H32N4O2S/c1-18-10-11-19(2)25(15-18)33-20(3)16-23(21(33)4)29-28(24-9-7-8-14-31-24)32-30(37)34(29)26-17-22(35-5)12-13-27(26)36-6/h7-17,28-29H,1-6H3,(H,32,37)/t28-,29+/m1/s1. The summed E-state index contributed by atoms with van der Waals surface area (Å²) in [6, 6.07) is 20.3. The first-order chi connectivity index (χ1) is 17.8. The van der Waals surface area contributed by atoms with Crippen LogP contribution in [0.15, 0.2) is 66.9 Å². The molecule has 0 amide bonds. The van der Waals surface area contributed by atoms with Gasteiger partial charge in [0.25, 0.3) is 0 Å². The zero-order chi connectivity index (χ0) is 26.3. The number of methoxy groups -OCH3 is 2. The Morgan fingerprint density at radius 3 is 2.41 bits per heavy atom. The number of aryl methyl sites for hydroxylation is 3. The normalized spacial score (nSPS) is 17.1. The molecule has 1 saturated heterocycles. The number of aromatic nitrogens is 2. The quantitative estimate of drug-likeness (QED) is 0.306. The third-order valence-electron chi connectivity index (χ3n) is 7.14. The van der Waals surface area contributed by atoms with Crippen LogP contribution in [-0.4, -0.2) is 28.9 Å². The summed E-state index contributed by atoms with van der Waals surface area (Å²) in [4.78, 5) is 6.85. The molecular weight excluding hydrogens is 480 g/mol. The first-order valence-electron chi connectivity index (χ1n) is 12.3. The maximum atomic E-state index is 5.96. The SMILES string of the molecule is COc1ccc(OC)c(N2C(=S)N[C@H](c3ccccn3)[C@@H]2c2cc(C)n(-c3cc(C)ccc3C)c2C)c1. The van der Waals surface area contributed by atoms with Gasteiger partial charge in [-0.3, -0.25) is 4.98 Å². The van der Waals surface area contributed by atoms with E-state index in [0.29, 0.717) is 5.11 Å². The number of pyridine rings is 1. The minimum absolute atomic E-state index is 0.155. The molecule has 4 aromatic rings. The topological polar surface area (TPSA) is 51.6 Å². The van der Waals surface area contributed by atoms with Crippen LogP contribution >= 0.6 is 12.2 Å². The van der Waals surface area contributed by atoms with E-state index in [1.807, 2.05) is 42.6 Å². The van der Waals surface area contributed by atoms with Crippen LogP contribution in [0.2, 0.25) is 0 Å². The van der Waals surface area contributed by atoms with Crippen LogP contribution in [0.4, 0.5) is 5.69 Å². The predicted octanol–water partition coefficient (Wildman–Crippen LogP) is 6.30. The van der Waals surface area contributed by atoms with Gasteiger partial charge in [0.1, 0.15) is 11.5 Å². The van der Waals surface area contributed by atoms with Gasteiger partial charge in [-0.25, -0.2) is 0 Å². The van der Waals surface area contributed by atoms with Gasteiger partial charge in [-0.1, -0.05) is 18.2 Å². The number of ether oxygens (including phenoxy) is 2.